The van der Waals surface area contributed by atoms with Gasteiger partial charge in [-0.1, -0.05) is 0 Å². The van der Waals surface area contributed by atoms with Crippen molar-refractivity contribution in [1.82, 2.24) is 10.6 Å². The van der Waals surface area contributed by atoms with Gasteiger partial charge in [-0.05, 0) is 12.2 Å². The first-order valence-electron chi connectivity index (χ1n) is 12.0. The Hall–Kier alpha value is -0.910. The molecule has 3 aliphatic heterocycles. The van der Waals surface area contributed by atoms with Crippen LogP contribution in [0.3, 0.4) is 0 Å². The van der Waals surface area contributed by atoms with Crippen molar-refractivity contribution in [3.63, 3.8) is 0 Å². The summed E-state index contributed by atoms with van der Waals surface area (Å²) in [7, 11) is 1.50. The molecule has 17 nitrogen and oxygen atoms in total. The molecule has 15 atom stereocenters. The second-order valence-electron chi connectivity index (χ2n) is 9.27. The number of nitrogens with one attached hydrogen (secondary N) is 2. The van der Waals surface area contributed by atoms with E-state index in [0.717, 1.165) is 0 Å². The number of rotatable bonds is 8. The number of hydrogen-bond acceptors (Lipinski definition) is 16. The Morgan fingerprint density at radius 1 is 0.737 bits per heavy atom. The molecule has 14 N–H and O–H groups in total. The second kappa shape index (κ2) is 13.6. The smallest absolute Gasteiger partial charge is 0.181 e. The van der Waals surface area contributed by atoms with Crippen LogP contribution in [0.4, 0.5) is 0 Å². The van der Waals surface area contributed by atoms with Gasteiger partial charge in [0.1, 0.15) is 61.0 Å². The highest BCUT2D eigenvalue weighted by Gasteiger charge is 2.53. The van der Waals surface area contributed by atoms with E-state index in [2.05, 4.69) is 10.6 Å². The third kappa shape index (κ3) is 6.52. The van der Waals surface area contributed by atoms with Crippen LogP contribution < -0.4 is 22.1 Å². The average molecular weight is 575 g/mol. The van der Waals surface area contributed by atoms with Crippen molar-refractivity contribution in [3.05, 3.63) is 0 Å². The summed E-state index contributed by atoms with van der Waals surface area (Å²) >= 11 is 5.15. The van der Waals surface area contributed by atoms with Crippen molar-refractivity contribution in [1.29, 1.82) is 0 Å². The molecule has 2 unspecified atom stereocenters. The third-order valence-electron chi connectivity index (χ3n) is 6.81. The fourth-order valence-corrected chi connectivity index (χ4v) is 4.67. The maximum absolute atomic E-state index is 11.3. The molecule has 0 radical (unpaired) electrons. The molecule has 0 amide bonds. The van der Waals surface area contributed by atoms with Gasteiger partial charge in [0, 0.05) is 7.05 Å². The normalized spacial score (nSPS) is 47.9. The molecule has 0 bridgehead atoms. The highest BCUT2D eigenvalue weighted by molar-refractivity contribution is 7.80. The molecule has 0 aromatic rings. The summed E-state index contributed by atoms with van der Waals surface area (Å²) in [6.07, 6.45) is -17.1. The summed E-state index contributed by atoms with van der Waals surface area (Å²) in [5.74, 6) is 0. The Morgan fingerprint density at radius 3 is 1.84 bits per heavy atom. The van der Waals surface area contributed by atoms with Gasteiger partial charge in [0.05, 0.1) is 31.9 Å². The van der Waals surface area contributed by atoms with E-state index in [1.165, 1.54) is 7.05 Å². The molecule has 0 aromatic carbocycles. The van der Waals surface area contributed by atoms with Crippen LogP contribution in [0.2, 0.25) is 0 Å². The molecule has 38 heavy (non-hydrogen) atoms. The second-order valence-corrected chi connectivity index (χ2v) is 9.67. The van der Waals surface area contributed by atoms with Gasteiger partial charge in [-0.15, -0.1) is 0 Å². The van der Waals surface area contributed by atoms with E-state index in [0.29, 0.717) is 0 Å². The Labute approximate surface area is 223 Å². The maximum atomic E-state index is 11.3. The zero-order chi connectivity index (χ0) is 28.3. The lowest BCUT2D eigenvalue weighted by molar-refractivity contribution is -0.349. The van der Waals surface area contributed by atoms with E-state index in [9.17, 15) is 40.9 Å². The van der Waals surface area contributed by atoms with Gasteiger partial charge in [-0.25, -0.2) is 0 Å². The van der Waals surface area contributed by atoms with E-state index < -0.39 is 112 Å². The number of nitrogens with two attached hydrogens (primary N) is 2. The molecule has 3 rings (SSSR count). The molecule has 18 heteroatoms. The minimum atomic E-state index is -1.58. The lowest BCUT2D eigenvalue weighted by Crippen LogP contribution is -2.70. The molecular weight excluding hydrogens is 536 g/mol. The van der Waals surface area contributed by atoms with Crippen LogP contribution in [0.15, 0.2) is 0 Å². The lowest BCUT2D eigenvalue weighted by atomic mass is 9.94. The summed E-state index contributed by atoms with van der Waals surface area (Å²) < 4.78 is 28.2. The molecule has 0 aromatic heterocycles. The van der Waals surface area contributed by atoms with Crippen LogP contribution >= 0.6 is 12.2 Å². The predicted octanol–water partition coefficient (Wildman–Crippen LogP) is -7.54. The van der Waals surface area contributed by atoms with Crippen LogP contribution in [0.25, 0.3) is 0 Å². The van der Waals surface area contributed by atoms with Crippen molar-refractivity contribution < 1.29 is 64.5 Å². The molecule has 0 saturated carbocycles. The third-order valence-corrected chi connectivity index (χ3v) is 7.13. The van der Waals surface area contributed by atoms with Crippen molar-refractivity contribution in [2.75, 3.05) is 26.9 Å². The summed E-state index contributed by atoms with van der Waals surface area (Å²) in [6, 6.07) is -3.83. The van der Waals surface area contributed by atoms with Crippen molar-refractivity contribution >= 4 is 17.3 Å². The highest BCUT2D eigenvalue weighted by Crippen LogP contribution is 2.31. The summed E-state index contributed by atoms with van der Waals surface area (Å²) in [5.41, 5.74) is 11.7. The molecule has 0 aliphatic carbocycles. The average Bonchev–Trinajstić information content (AvgIpc) is 2.91. The Bertz CT molecular complexity index is 772. The van der Waals surface area contributed by atoms with E-state index in [4.69, 9.17) is 47.4 Å². The molecule has 3 aliphatic rings. The molecule has 3 heterocycles. The molecule has 0 spiro atoms. The monoisotopic (exact) mass is 574 g/mol. The van der Waals surface area contributed by atoms with E-state index >= 15 is 0 Å². The van der Waals surface area contributed by atoms with E-state index in [-0.39, 0.29) is 5.11 Å². The van der Waals surface area contributed by atoms with Gasteiger partial charge in [0.15, 0.2) is 24.0 Å². The van der Waals surface area contributed by atoms with Crippen molar-refractivity contribution in [2.45, 2.75) is 91.9 Å². The zero-order valence-corrected chi connectivity index (χ0v) is 21.3. The van der Waals surface area contributed by atoms with Crippen LogP contribution in [0, 0.1) is 0 Å². The SMILES string of the molecule is CNC(=S)N[C@H]1[C@H](OC2[C@@H](CO)O[C@@H](O)[C@H](N)[C@H]2O)O[C@H](CO)C(O[C@@H]2O[C@H](CO)[C@@H](O)[C@H](O)[C@H]2N)[C@@H]1O. The fraction of sp³-hybridized carbons (Fsp3) is 0.950. The quantitative estimate of drug-likeness (QED) is 0.120. The van der Waals surface area contributed by atoms with Gasteiger partial charge in [0.2, 0.25) is 0 Å². The van der Waals surface area contributed by atoms with Crippen LogP contribution in [0.1, 0.15) is 0 Å². The van der Waals surface area contributed by atoms with Crippen LogP contribution in [0.5, 0.6) is 0 Å². The van der Waals surface area contributed by atoms with Gasteiger partial charge >= 0.3 is 0 Å². The number of aliphatic hydroxyl groups excluding tert-OH is 8. The van der Waals surface area contributed by atoms with Gasteiger partial charge in [0.25, 0.3) is 0 Å². The molecule has 3 fully saturated rings. The number of ether oxygens (including phenoxy) is 5. The summed E-state index contributed by atoms with van der Waals surface area (Å²) in [6.45, 7) is -2.05. The fourth-order valence-electron chi connectivity index (χ4n) is 4.53. The van der Waals surface area contributed by atoms with Crippen LogP contribution in [-0.4, -0.2) is 165 Å². The standard InChI is InChI=1S/C20H38N4O13S/c1-23-20(38)24-10-14(31)16(36-18-9(22)12(29)11(28)5(2-25)34-18)7(4-27)35-19(10)37-15-6(3-26)33-17(32)8(21)13(15)30/h5-19,25-32H,2-4,21-22H2,1H3,(H2,23,24,38)/t5-,6-,7-,8-,9-,10-,11-,12-,13-,14-,15?,16?,17-,18+,19+/m1/s1. The first-order valence-corrected chi connectivity index (χ1v) is 12.4. The predicted molar refractivity (Wildman–Crippen MR) is 128 cm³/mol. The first kappa shape index (κ1) is 31.6. The number of hydrogen-bond donors (Lipinski definition) is 12. The summed E-state index contributed by atoms with van der Waals surface area (Å²) in [5, 5.41) is 86.7. The van der Waals surface area contributed by atoms with Crippen molar-refractivity contribution in [2.24, 2.45) is 11.5 Å². The van der Waals surface area contributed by atoms with Gasteiger partial charge < -0.3 is 86.6 Å². The van der Waals surface area contributed by atoms with Crippen molar-refractivity contribution in [3.8, 4) is 0 Å². The number of aliphatic hydroxyl groups is 8. The maximum Gasteiger partial charge on any atom is 0.181 e. The van der Waals surface area contributed by atoms with Gasteiger partial charge in [-0.3, -0.25) is 0 Å². The lowest BCUT2D eigenvalue weighted by Gasteiger charge is -2.49. The number of thiocarbonyl (C=S) groups is 1. The molecule has 222 valence electrons. The van der Waals surface area contributed by atoms with E-state index in [1.54, 1.807) is 0 Å². The zero-order valence-electron chi connectivity index (χ0n) is 20.5. The topological polar surface area (TPSA) is 284 Å². The largest absolute Gasteiger partial charge is 0.394 e. The minimum Gasteiger partial charge on any atom is -0.394 e. The van der Waals surface area contributed by atoms with E-state index in [1.807, 2.05) is 0 Å². The van der Waals surface area contributed by atoms with Gasteiger partial charge in [-0.2, -0.15) is 0 Å². The van der Waals surface area contributed by atoms with Crippen LogP contribution in [-0.2, 0) is 23.7 Å². The Balaban J connectivity index is 1.85. The summed E-state index contributed by atoms with van der Waals surface area (Å²) in [4.78, 5) is 0. The minimum absolute atomic E-state index is 0.0447. The Morgan fingerprint density at radius 2 is 1.26 bits per heavy atom. The molecule has 3 saturated heterocycles. The first-order chi connectivity index (χ1) is 18.0. The molecular formula is C20H38N4O13S. The highest BCUT2D eigenvalue weighted by atomic mass is 32.1. The Kier molecular flexibility index (Phi) is 11.3.